The third kappa shape index (κ3) is 2.80. The van der Waals surface area contributed by atoms with Crippen molar-refractivity contribution in [2.24, 2.45) is 0 Å². The lowest BCUT2D eigenvalue weighted by Gasteiger charge is -2.18. The minimum absolute atomic E-state index is 0.0239. The summed E-state index contributed by atoms with van der Waals surface area (Å²) in [4.78, 5) is 15.9. The predicted octanol–water partition coefficient (Wildman–Crippen LogP) is 2.48. The first kappa shape index (κ1) is 17.3. The van der Waals surface area contributed by atoms with E-state index in [0.29, 0.717) is 11.1 Å². The van der Waals surface area contributed by atoms with E-state index in [4.69, 9.17) is 5.11 Å². The summed E-state index contributed by atoms with van der Waals surface area (Å²) >= 11 is 0. The first-order valence-corrected chi connectivity index (χ1v) is 7.78. The molecular weight excluding hydrogens is 341 g/mol. The molecule has 0 bridgehead atoms. The van der Waals surface area contributed by atoms with Crippen LogP contribution in [0.3, 0.4) is 0 Å². The number of rotatable bonds is 2. The van der Waals surface area contributed by atoms with E-state index >= 15 is 0 Å². The molecule has 0 saturated carbocycles. The molecule has 1 N–H and O–H groups in total. The van der Waals surface area contributed by atoms with Crippen LogP contribution in [0.15, 0.2) is 0 Å². The molecular formula is C12H13F3N2O5S. The van der Waals surface area contributed by atoms with Gasteiger partial charge in [-0.25, -0.2) is 9.78 Å². The fourth-order valence-electron chi connectivity index (χ4n) is 2.47. The number of amides is 1. The monoisotopic (exact) mass is 354 g/mol. The molecule has 128 valence electrons. The van der Waals surface area contributed by atoms with E-state index in [0.717, 1.165) is 4.90 Å². The van der Waals surface area contributed by atoms with E-state index in [1.54, 1.807) is 13.8 Å². The zero-order valence-electron chi connectivity index (χ0n) is 12.3. The Labute approximate surface area is 129 Å². The standard InChI is InChI=1S/C12H13F3N2O5S/c1-5-6(2)16-10(22-23(20,21)12(13,14)15)8-4-17(11(18)19)7(3)9(5)8/h7H,4H2,1-3H3,(H,18,19). The van der Waals surface area contributed by atoms with Crippen molar-refractivity contribution in [2.45, 2.75) is 38.9 Å². The Bertz CT molecular complexity index is 776. The van der Waals surface area contributed by atoms with Crippen LogP contribution in [-0.2, 0) is 16.7 Å². The Morgan fingerprint density at radius 2 is 1.96 bits per heavy atom. The smallest absolute Gasteiger partial charge is 0.465 e. The van der Waals surface area contributed by atoms with Crippen LogP contribution < -0.4 is 4.18 Å². The molecule has 0 saturated heterocycles. The molecule has 1 unspecified atom stereocenters. The van der Waals surface area contributed by atoms with Crippen molar-refractivity contribution in [3.8, 4) is 5.88 Å². The van der Waals surface area contributed by atoms with Gasteiger partial charge in [0.05, 0.1) is 12.6 Å². The van der Waals surface area contributed by atoms with Gasteiger partial charge >= 0.3 is 21.7 Å². The van der Waals surface area contributed by atoms with Crippen LogP contribution in [0.25, 0.3) is 0 Å². The molecule has 2 heterocycles. The summed E-state index contributed by atoms with van der Waals surface area (Å²) in [6, 6.07) is -0.653. The number of hydrogen-bond donors (Lipinski definition) is 1. The minimum atomic E-state index is -5.89. The highest BCUT2D eigenvalue weighted by atomic mass is 32.2. The molecule has 1 aromatic rings. The summed E-state index contributed by atoms with van der Waals surface area (Å²) in [6.07, 6.45) is -1.28. The minimum Gasteiger partial charge on any atom is -0.465 e. The number of carboxylic acid groups (broad SMARTS) is 1. The molecule has 0 aliphatic carbocycles. The van der Waals surface area contributed by atoms with Crippen molar-refractivity contribution in [1.29, 1.82) is 0 Å². The average Bonchev–Trinajstić information content (AvgIpc) is 2.72. The van der Waals surface area contributed by atoms with E-state index in [9.17, 15) is 26.4 Å². The fourth-order valence-corrected chi connectivity index (χ4v) is 2.92. The van der Waals surface area contributed by atoms with Gasteiger partial charge in [-0.3, -0.25) is 4.90 Å². The molecule has 7 nitrogen and oxygen atoms in total. The van der Waals surface area contributed by atoms with Crippen molar-refractivity contribution in [3.05, 3.63) is 22.4 Å². The zero-order chi connectivity index (χ0) is 17.7. The second kappa shape index (κ2) is 5.25. The van der Waals surface area contributed by atoms with Gasteiger partial charge in [0.15, 0.2) is 0 Å². The highest BCUT2D eigenvalue weighted by molar-refractivity contribution is 7.87. The average molecular weight is 354 g/mol. The van der Waals surface area contributed by atoms with Crippen molar-refractivity contribution in [1.82, 2.24) is 9.88 Å². The number of halogens is 3. The van der Waals surface area contributed by atoms with Gasteiger partial charge in [0.25, 0.3) is 0 Å². The number of aryl methyl sites for hydroxylation is 1. The molecule has 1 aromatic heterocycles. The van der Waals surface area contributed by atoms with Crippen LogP contribution in [0.2, 0.25) is 0 Å². The highest BCUT2D eigenvalue weighted by Gasteiger charge is 2.49. The summed E-state index contributed by atoms with van der Waals surface area (Å²) in [6.45, 7) is 4.35. The first-order valence-electron chi connectivity index (χ1n) is 6.37. The third-order valence-corrected chi connectivity index (χ3v) is 4.68. The Kier molecular flexibility index (Phi) is 3.95. The molecule has 23 heavy (non-hydrogen) atoms. The Morgan fingerprint density at radius 3 is 2.43 bits per heavy atom. The van der Waals surface area contributed by atoms with Crippen molar-refractivity contribution >= 4 is 16.2 Å². The van der Waals surface area contributed by atoms with Gasteiger partial charge in [0, 0.05) is 11.3 Å². The first-order chi connectivity index (χ1) is 10.4. The highest BCUT2D eigenvalue weighted by Crippen LogP contribution is 2.41. The molecule has 0 fully saturated rings. The number of alkyl halides is 3. The molecule has 1 aliphatic heterocycles. The second-order valence-corrected chi connectivity index (χ2v) is 6.63. The van der Waals surface area contributed by atoms with Gasteiger partial charge in [-0.15, -0.1) is 0 Å². The summed E-state index contributed by atoms with van der Waals surface area (Å²) in [5.41, 5.74) is -4.33. The molecule has 1 amide bonds. The number of fused-ring (bicyclic) bond motifs is 1. The van der Waals surface area contributed by atoms with Crippen LogP contribution in [0.4, 0.5) is 18.0 Å². The normalized spacial score (nSPS) is 18.0. The molecule has 0 aromatic carbocycles. The molecule has 0 spiro atoms. The number of hydrogen-bond acceptors (Lipinski definition) is 5. The van der Waals surface area contributed by atoms with E-state index in [1.165, 1.54) is 6.92 Å². The van der Waals surface area contributed by atoms with Crippen LogP contribution >= 0.6 is 0 Å². The SMILES string of the molecule is Cc1nc(OS(=O)(=O)C(F)(F)F)c2c(c1C)C(C)N(C(=O)O)C2. The molecule has 1 aliphatic rings. The molecule has 0 radical (unpaired) electrons. The van der Waals surface area contributed by atoms with Gasteiger partial charge in [0.1, 0.15) is 0 Å². The van der Waals surface area contributed by atoms with Crippen molar-refractivity contribution in [2.75, 3.05) is 0 Å². The number of nitrogens with zero attached hydrogens (tertiary/aromatic N) is 2. The van der Waals surface area contributed by atoms with E-state index in [1.807, 2.05) is 0 Å². The Balaban J connectivity index is 2.59. The largest absolute Gasteiger partial charge is 0.534 e. The van der Waals surface area contributed by atoms with E-state index in [-0.39, 0.29) is 17.8 Å². The van der Waals surface area contributed by atoms with Gasteiger partial charge in [-0.2, -0.15) is 21.6 Å². The topological polar surface area (TPSA) is 96.8 Å². The predicted molar refractivity (Wildman–Crippen MR) is 71.3 cm³/mol. The van der Waals surface area contributed by atoms with Crippen LogP contribution in [0.5, 0.6) is 5.88 Å². The number of carbonyl (C=O) groups is 1. The maximum absolute atomic E-state index is 12.5. The maximum atomic E-state index is 12.5. The lowest BCUT2D eigenvalue weighted by molar-refractivity contribution is -0.0501. The second-order valence-electron chi connectivity index (χ2n) is 5.09. The summed E-state index contributed by atoms with van der Waals surface area (Å²) < 4.78 is 64.0. The Hall–Kier alpha value is -2.04. The maximum Gasteiger partial charge on any atom is 0.534 e. The fraction of sp³-hybridized carbons (Fsp3) is 0.500. The Morgan fingerprint density at radius 1 is 1.39 bits per heavy atom. The van der Waals surface area contributed by atoms with Crippen LogP contribution in [0.1, 0.15) is 35.3 Å². The number of aromatic nitrogens is 1. The quantitative estimate of drug-likeness (QED) is 0.647. The van der Waals surface area contributed by atoms with Crippen LogP contribution in [-0.4, -0.2) is 35.0 Å². The summed E-state index contributed by atoms with van der Waals surface area (Å²) in [5.74, 6) is -0.740. The van der Waals surface area contributed by atoms with Crippen molar-refractivity contribution in [3.63, 3.8) is 0 Å². The van der Waals surface area contributed by atoms with Gasteiger partial charge in [0.2, 0.25) is 5.88 Å². The lowest BCUT2D eigenvalue weighted by Crippen LogP contribution is -2.29. The van der Waals surface area contributed by atoms with Gasteiger partial charge in [-0.1, -0.05) is 0 Å². The van der Waals surface area contributed by atoms with Gasteiger partial charge in [-0.05, 0) is 31.9 Å². The van der Waals surface area contributed by atoms with E-state index < -0.39 is 33.6 Å². The van der Waals surface area contributed by atoms with Gasteiger partial charge < -0.3 is 9.29 Å². The zero-order valence-corrected chi connectivity index (χ0v) is 13.1. The third-order valence-electron chi connectivity index (χ3n) is 3.73. The lowest BCUT2D eigenvalue weighted by atomic mass is 10.00. The van der Waals surface area contributed by atoms with Crippen molar-refractivity contribution < 1.29 is 35.7 Å². The number of pyridine rings is 1. The summed E-state index contributed by atoms with van der Waals surface area (Å²) in [5, 5.41) is 9.14. The molecule has 2 rings (SSSR count). The van der Waals surface area contributed by atoms with Crippen LogP contribution in [0, 0.1) is 13.8 Å². The van der Waals surface area contributed by atoms with E-state index in [2.05, 4.69) is 9.17 Å². The summed E-state index contributed by atoms with van der Waals surface area (Å²) in [7, 11) is -5.89. The molecule has 11 heteroatoms. The molecule has 1 atom stereocenters.